The Bertz CT molecular complexity index is 1310. The number of hydrogen-bond acceptors (Lipinski definition) is 8. The molecule has 4 aromatic rings. The van der Waals surface area contributed by atoms with Gasteiger partial charge < -0.3 is 21.9 Å². The van der Waals surface area contributed by atoms with Gasteiger partial charge in [0.1, 0.15) is 0 Å². The zero-order chi connectivity index (χ0) is 24.3. The minimum atomic E-state index is -0.755. The molecule has 1 saturated heterocycles. The number of hydrogen-bond donors (Lipinski definition) is 3. The Morgan fingerprint density at radius 3 is 2.68 bits per heavy atom. The Morgan fingerprint density at radius 2 is 1.92 bits per heavy atom. The summed E-state index contributed by atoms with van der Waals surface area (Å²) in [6.45, 7) is 7.29. The fourth-order valence-electron chi connectivity index (χ4n) is 4.52. The topological polar surface area (TPSA) is 129 Å². The van der Waals surface area contributed by atoms with Crippen LogP contribution in [0, 0.1) is 0 Å². The van der Waals surface area contributed by atoms with Gasteiger partial charge in [-0.1, -0.05) is 36.7 Å². The van der Waals surface area contributed by atoms with Crippen molar-refractivity contribution in [1.29, 1.82) is 0 Å². The van der Waals surface area contributed by atoms with Crippen LogP contribution in [0.1, 0.15) is 24.6 Å². The highest BCUT2D eigenvalue weighted by molar-refractivity contribution is 6.30. The smallest absolute Gasteiger partial charge is 0.180 e. The van der Waals surface area contributed by atoms with Crippen molar-refractivity contribution in [3.8, 4) is 11.4 Å². The highest BCUT2D eigenvalue weighted by Gasteiger charge is 2.30. The van der Waals surface area contributed by atoms with E-state index >= 15 is 0 Å². The van der Waals surface area contributed by atoms with E-state index in [2.05, 4.69) is 27.1 Å². The Kier molecular flexibility index (Phi) is 9.83. The van der Waals surface area contributed by atoms with Crippen LogP contribution in [0.2, 0.25) is 5.02 Å². The summed E-state index contributed by atoms with van der Waals surface area (Å²) >= 11 is 6.26. The van der Waals surface area contributed by atoms with Gasteiger partial charge in [-0.2, -0.15) is 0 Å². The van der Waals surface area contributed by atoms with E-state index in [0.717, 1.165) is 73.5 Å². The minimum Gasteiger partial charge on any atom is -0.379 e. The molecule has 1 aromatic carbocycles. The number of morpholine rings is 1. The molecule has 5 rings (SSSR count). The lowest BCUT2D eigenvalue weighted by molar-refractivity contribution is 0.0398. The summed E-state index contributed by atoms with van der Waals surface area (Å²) in [5.74, 6) is 0.754. The first-order valence-electron chi connectivity index (χ1n) is 12.0. The number of imidazole rings is 1. The molecular weight excluding hydrogens is 511 g/mol. The van der Waals surface area contributed by atoms with Crippen LogP contribution in [0.3, 0.4) is 0 Å². The van der Waals surface area contributed by atoms with E-state index in [0.29, 0.717) is 11.4 Å². The second-order valence-electron chi connectivity index (χ2n) is 8.74. The van der Waals surface area contributed by atoms with Crippen molar-refractivity contribution in [2.45, 2.75) is 18.9 Å². The number of fused-ring (bicyclic) bond motifs is 1. The molecule has 1 fully saturated rings. The molecule has 1 aliphatic heterocycles. The van der Waals surface area contributed by atoms with Gasteiger partial charge in [0.2, 0.25) is 0 Å². The molecule has 11 heteroatoms. The van der Waals surface area contributed by atoms with Crippen LogP contribution >= 0.6 is 24.0 Å². The van der Waals surface area contributed by atoms with E-state index in [-0.39, 0.29) is 18.6 Å². The first-order valence-corrected chi connectivity index (χ1v) is 12.3. The van der Waals surface area contributed by atoms with E-state index < -0.39 is 5.54 Å². The van der Waals surface area contributed by atoms with Crippen LogP contribution in [0.4, 0.5) is 5.82 Å². The van der Waals surface area contributed by atoms with Crippen molar-refractivity contribution >= 4 is 35.5 Å². The molecule has 0 aliphatic carbocycles. The molecule has 4 heterocycles. The summed E-state index contributed by atoms with van der Waals surface area (Å²) < 4.78 is 7.44. The van der Waals surface area contributed by atoms with Gasteiger partial charge in [-0.05, 0) is 36.2 Å². The molecule has 0 radical (unpaired) electrons. The van der Waals surface area contributed by atoms with Crippen LogP contribution in [0.15, 0.2) is 61.1 Å². The lowest BCUT2D eigenvalue weighted by atomic mass is 9.84. The summed E-state index contributed by atoms with van der Waals surface area (Å²) in [5, 5.41) is 4.10. The predicted octanol–water partition coefficient (Wildman–Crippen LogP) is 4.38. The number of pyridine rings is 1. The SMILES string of the molecule is CCC(N)(c1cccc(Cl)c1)c1cccc(-c2cnc3c(NCCN4CCOCC4)nccn23)n1.Cl.N. The maximum atomic E-state index is 6.91. The maximum absolute atomic E-state index is 6.91. The van der Waals surface area contributed by atoms with E-state index in [1.165, 1.54) is 0 Å². The average molecular weight is 546 g/mol. The molecule has 1 atom stereocenters. The zero-order valence-electron chi connectivity index (χ0n) is 20.9. The van der Waals surface area contributed by atoms with Crippen molar-refractivity contribution in [2.24, 2.45) is 5.73 Å². The number of benzene rings is 1. The third kappa shape index (κ3) is 6.04. The Labute approximate surface area is 228 Å². The van der Waals surface area contributed by atoms with Gasteiger partial charge in [-0.25, -0.2) is 15.0 Å². The Hall–Kier alpha value is -2.79. The zero-order valence-corrected chi connectivity index (χ0v) is 22.5. The largest absolute Gasteiger partial charge is 0.379 e. The highest BCUT2D eigenvalue weighted by atomic mass is 35.5. The molecule has 3 aromatic heterocycles. The molecule has 0 bridgehead atoms. The lowest BCUT2D eigenvalue weighted by Crippen LogP contribution is -2.39. The van der Waals surface area contributed by atoms with Crippen molar-refractivity contribution in [3.05, 3.63) is 77.3 Å². The van der Waals surface area contributed by atoms with Crippen LogP contribution in [0.25, 0.3) is 17.0 Å². The maximum Gasteiger partial charge on any atom is 0.180 e. The number of rotatable bonds is 8. The molecule has 0 spiro atoms. The first kappa shape index (κ1) is 28.8. The number of nitrogens with two attached hydrogens (primary N) is 1. The van der Waals surface area contributed by atoms with Gasteiger partial charge in [-0.3, -0.25) is 9.30 Å². The quantitative estimate of drug-likeness (QED) is 0.298. The van der Waals surface area contributed by atoms with Gasteiger partial charge in [0, 0.05) is 43.6 Å². The number of anilines is 1. The van der Waals surface area contributed by atoms with Gasteiger partial charge in [0.15, 0.2) is 11.5 Å². The lowest BCUT2D eigenvalue weighted by Gasteiger charge is -2.29. The average Bonchev–Trinajstić information content (AvgIpc) is 3.34. The minimum absolute atomic E-state index is 0. The highest BCUT2D eigenvalue weighted by Crippen LogP contribution is 2.32. The van der Waals surface area contributed by atoms with Gasteiger partial charge in [0.25, 0.3) is 0 Å². The predicted molar refractivity (Wildman–Crippen MR) is 151 cm³/mol. The fraction of sp³-hybridized carbons (Fsp3) is 0.346. The fourth-order valence-corrected chi connectivity index (χ4v) is 4.71. The molecule has 6 N–H and O–H groups in total. The molecule has 1 aliphatic rings. The van der Waals surface area contributed by atoms with Crippen molar-refractivity contribution in [2.75, 3.05) is 44.7 Å². The van der Waals surface area contributed by atoms with Gasteiger partial charge >= 0.3 is 0 Å². The van der Waals surface area contributed by atoms with Crippen molar-refractivity contribution in [1.82, 2.24) is 30.4 Å². The van der Waals surface area contributed by atoms with Crippen LogP contribution < -0.4 is 17.2 Å². The molecular formula is C26H34Cl2N8O. The second kappa shape index (κ2) is 12.6. The number of ether oxygens (including phenoxy) is 1. The molecule has 37 heavy (non-hydrogen) atoms. The van der Waals surface area contributed by atoms with E-state index in [9.17, 15) is 0 Å². The van der Waals surface area contributed by atoms with Gasteiger partial charge in [0.05, 0.1) is 42.0 Å². The standard InChI is InChI=1S/C26H30ClN7O.ClH.H3N/c1-2-26(28,19-5-3-6-20(27)17-19)23-8-4-7-21(32-23)22-18-31-25-24(30-10-12-34(22)25)29-9-11-33-13-15-35-16-14-33;;/h3-8,10,12,17-18H,2,9,11,13-16,28H2,1H3,(H,29,30);1H;1H3. The van der Waals surface area contributed by atoms with E-state index in [4.69, 9.17) is 27.1 Å². The van der Waals surface area contributed by atoms with Crippen molar-refractivity contribution in [3.63, 3.8) is 0 Å². The molecule has 9 nitrogen and oxygen atoms in total. The summed E-state index contributed by atoms with van der Waals surface area (Å²) in [6.07, 6.45) is 6.20. The third-order valence-corrected chi connectivity index (χ3v) is 6.85. The second-order valence-corrected chi connectivity index (χ2v) is 9.17. The molecule has 198 valence electrons. The van der Waals surface area contributed by atoms with E-state index in [1.54, 1.807) is 6.20 Å². The Morgan fingerprint density at radius 1 is 1.14 bits per heavy atom. The molecule has 0 saturated carbocycles. The number of nitrogens with zero attached hydrogens (tertiary/aromatic N) is 5. The third-order valence-electron chi connectivity index (χ3n) is 6.62. The Balaban J connectivity index is 0.00000190. The first-order chi connectivity index (χ1) is 17.1. The number of halogens is 2. The van der Waals surface area contributed by atoms with Crippen LogP contribution in [0.5, 0.6) is 0 Å². The molecule has 1 unspecified atom stereocenters. The monoisotopic (exact) mass is 544 g/mol. The van der Waals surface area contributed by atoms with Crippen LogP contribution in [-0.2, 0) is 10.3 Å². The summed E-state index contributed by atoms with van der Waals surface area (Å²) in [6, 6.07) is 13.6. The number of aromatic nitrogens is 4. The normalized spacial score (nSPS) is 15.4. The summed E-state index contributed by atoms with van der Waals surface area (Å²) in [5.41, 5.74) is 10.3. The van der Waals surface area contributed by atoms with E-state index in [1.807, 2.05) is 59.3 Å². The summed E-state index contributed by atoms with van der Waals surface area (Å²) in [4.78, 5) is 16.5. The number of nitrogens with one attached hydrogen (secondary N) is 1. The van der Waals surface area contributed by atoms with Crippen LogP contribution in [-0.4, -0.2) is 63.6 Å². The van der Waals surface area contributed by atoms with Gasteiger partial charge in [-0.15, -0.1) is 12.4 Å². The molecule has 0 amide bonds. The summed E-state index contributed by atoms with van der Waals surface area (Å²) in [7, 11) is 0. The van der Waals surface area contributed by atoms with Crippen molar-refractivity contribution < 1.29 is 4.74 Å².